The van der Waals surface area contributed by atoms with E-state index in [1.807, 2.05) is 0 Å². The number of aromatic nitrogens is 3. The van der Waals surface area contributed by atoms with Crippen molar-refractivity contribution >= 4 is 17.8 Å². The SMILES string of the molecule is CCCCC(CC)CNc1nc(N)nc(N2CCCC2)n1. The predicted molar refractivity (Wildman–Crippen MR) is 87.5 cm³/mol. The highest BCUT2D eigenvalue weighted by Crippen LogP contribution is 2.18. The van der Waals surface area contributed by atoms with Crippen LogP contribution >= 0.6 is 0 Å². The van der Waals surface area contributed by atoms with Gasteiger partial charge >= 0.3 is 0 Å². The number of nitrogens with two attached hydrogens (primary N) is 1. The first-order valence-electron chi connectivity index (χ1n) is 8.23. The van der Waals surface area contributed by atoms with Crippen molar-refractivity contribution in [1.29, 1.82) is 0 Å². The van der Waals surface area contributed by atoms with E-state index in [1.54, 1.807) is 0 Å². The number of anilines is 3. The molecule has 6 heteroatoms. The summed E-state index contributed by atoms with van der Waals surface area (Å²) in [7, 11) is 0. The van der Waals surface area contributed by atoms with Gasteiger partial charge in [-0.1, -0.05) is 33.1 Å². The third-order valence-electron chi connectivity index (χ3n) is 4.12. The maximum atomic E-state index is 5.82. The number of hydrogen-bond donors (Lipinski definition) is 2. The molecule has 0 aliphatic carbocycles. The van der Waals surface area contributed by atoms with Gasteiger partial charge < -0.3 is 16.0 Å². The highest BCUT2D eigenvalue weighted by molar-refractivity contribution is 5.42. The first kappa shape index (κ1) is 15.8. The Balaban J connectivity index is 1.95. The van der Waals surface area contributed by atoms with Crippen LogP contribution in [-0.4, -0.2) is 34.6 Å². The first-order valence-corrected chi connectivity index (χ1v) is 8.23. The van der Waals surface area contributed by atoms with E-state index < -0.39 is 0 Å². The number of nitrogen functional groups attached to an aromatic ring is 1. The van der Waals surface area contributed by atoms with Gasteiger partial charge in [-0.25, -0.2) is 0 Å². The predicted octanol–water partition coefficient (Wildman–Crippen LogP) is 2.68. The second kappa shape index (κ2) is 8.00. The Kier molecular flexibility index (Phi) is 6.02. The van der Waals surface area contributed by atoms with Crippen molar-refractivity contribution in [2.45, 2.75) is 52.4 Å². The molecule has 0 saturated carbocycles. The van der Waals surface area contributed by atoms with Gasteiger partial charge in [0, 0.05) is 19.6 Å². The average Bonchev–Trinajstić information content (AvgIpc) is 3.01. The lowest BCUT2D eigenvalue weighted by atomic mass is 9.99. The molecule has 0 aromatic carbocycles. The number of unbranched alkanes of at least 4 members (excludes halogenated alkanes) is 1. The van der Waals surface area contributed by atoms with Crippen molar-refractivity contribution in [2.24, 2.45) is 5.92 Å². The maximum absolute atomic E-state index is 5.82. The molecule has 2 heterocycles. The lowest BCUT2D eigenvalue weighted by Gasteiger charge is -2.18. The summed E-state index contributed by atoms with van der Waals surface area (Å²) in [6, 6.07) is 0. The van der Waals surface area contributed by atoms with E-state index in [0.717, 1.165) is 19.6 Å². The van der Waals surface area contributed by atoms with E-state index in [1.165, 1.54) is 38.5 Å². The second-order valence-electron chi connectivity index (χ2n) is 5.81. The third kappa shape index (κ3) is 4.72. The van der Waals surface area contributed by atoms with E-state index in [4.69, 9.17) is 5.73 Å². The number of rotatable bonds is 8. The van der Waals surface area contributed by atoms with E-state index in [0.29, 0.717) is 23.8 Å². The third-order valence-corrected chi connectivity index (χ3v) is 4.12. The zero-order chi connectivity index (χ0) is 15.1. The molecule has 2 rings (SSSR count). The Morgan fingerprint density at radius 2 is 1.95 bits per heavy atom. The average molecular weight is 292 g/mol. The van der Waals surface area contributed by atoms with E-state index in [-0.39, 0.29) is 0 Å². The van der Waals surface area contributed by atoms with Crippen LogP contribution in [0.1, 0.15) is 52.4 Å². The Morgan fingerprint density at radius 3 is 2.62 bits per heavy atom. The fourth-order valence-corrected chi connectivity index (χ4v) is 2.70. The van der Waals surface area contributed by atoms with Gasteiger partial charge in [0.15, 0.2) is 0 Å². The molecule has 1 fully saturated rings. The van der Waals surface area contributed by atoms with Crippen LogP contribution in [0.5, 0.6) is 0 Å². The van der Waals surface area contributed by atoms with Crippen LogP contribution < -0.4 is 16.0 Å². The highest BCUT2D eigenvalue weighted by atomic mass is 15.3. The molecule has 1 aliphatic heterocycles. The van der Waals surface area contributed by atoms with Crippen LogP contribution in [-0.2, 0) is 0 Å². The topological polar surface area (TPSA) is 80.0 Å². The van der Waals surface area contributed by atoms with Gasteiger partial charge in [-0.15, -0.1) is 0 Å². The Bertz CT molecular complexity index is 430. The summed E-state index contributed by atoms with van der Waals surface area (Å²) in [6.45, 7) is 7.39. The Labute approximate surface area is 127 Å². The number of hydrogen-bond acceptors (Lipinski definition) is 6. The molecule has 0 radical (unpaired) electrons. The van der Waals surface area contributed by atoms with Crippen LogP contribution in [0, 0.1) is 5.92 Å². The van der Waals surface area contributed by atoms with E-state index in [9.17, 15) is 0 Å². The molecule has 6 nitrogen and oxygen atoms in total. The minimum absolute atomic E-state index is 0.302. The summed E-state index contributed by atoms with van der Waals surface area (Å²) in [5.41, 5.74) is 5.82. The molecule has 0 spiro atoms. The lowest BCUT2D eigenvalue weighted by Crippen LogP contribution is -2.23. The van der Waals surface area contributed by atoms with Crippen molar-refractivity contribution in [3.8, 4) is 0 Å². The molecule has 118 valence electrons. The summed E-state index contributed by atoms with van der Waals surface area (Å²) < 4.78 is 0. The molecule has 0 amide bonds. The zero-order valence-corrected chi connectivity index (χ0v) is 13.3. The van der Waals surface area contributed by atoms with Crippen molar-refractivity contribution in [2.75, 3.05) is 35.6 Å². The normalized spacial score (nSPS) is 16.2. The largest absolute Gasteiger partial charge is 0.368 e. The number of nitrogens with one attached hydrogen (secondary N) is 1. The smallest absolute Gasteiger partial charge is 0.231 e. The monoisotopic (exact) mass is 292 g/mol. The van der Waals surface area contributed by atoms with Crippen LogP contribution in [0.15, 0.2) is 0 Å². The molecule has 21 heavy (non-hydrogen) atoms. The van der Waals surface area contributed by atoms with Gasteiger partial charge in [-0.3, -0.25) is 0 Å². The number of nitrogens with zero attached hydrogens (tertiary/aromatic N) is 4. The molecule has 1 saturated heterocycles. The molecular formula is C15H28N6. The highest BCUT2D eigenvalue weighted by Gasteiger charge is 2.17. The standard InChI is InChI=1S/C15H28N6/c1-3-5-8-12(4-2)11-17-14-18-13(16)19-15(20-14)21-9-6-7-10-21/h12H,3-11H2,1-2H3,(H3,16,17,18,19,20). The molecule has 1 unspecified atom stereocenters. The van der Waals surface area contributed by atoms with Crippen LogP contribution in [0.4, 0.5) is 17.8 Å². The van der Waals surface area contributed by atoms with Crippen molar-refractivity contribution < 1.29 is 0 Å². The van der Waals surface area contributed by atoms with Crippen molar-refractivity contribution in [1.82, 2.24) is 15.0 Å². The summed E-state index contributed by atoms with van der Waals surface area (Å²) in [6.07, 6.45) is 7.34. The zero-order valence-electron chi connectivity index (χ0n) is 13.3. The molecule has 1 atom stereocenters. The fourth-order valence-electron chi connectivity index (χ4n) is 2.70. The fraction of sp³-hybridized carbons (Fsp3) is 0.800. The molecule has 3 N–H and O–H groups in total. The van der Waals surface area contributed by atoms with Gasteiger partial charge in [-0.2, -0.15) is 15.0 Å². The summed E-state index contributed by atoms with van der Waals surface area (Å²) >= 11 is 0. The lowest BCUT2D eigenvalue weighted by molar-refractivity contribution is 0.471. The summed E-state index contributed by atoms with van der Waals surface area (Å²) in [5, 5.41) is 3.34. The van der Waals surface area contributed by atoms with Gasteiger partial charge in [0.2, 0.25) is 17.8 Å². The maximum Gasteiger partial charge on any atom is 0.231 e. The molecule has 0 bridgehead atoms. The van der Waals surface area contributed by atoms with E-state index >= 15 is 0 Å². The molecular weight excluding hydrogens is 264 g/mol. The first-order chi connectivity index (χ1) is 10.2. The van der Waals surface area contributed by atoms with Gasteiger partial charge in [0.25, 0.3) is 0 Å². The van der Waals surface area contributed by atoms with Gasteiger partial charge in [0.05, 0.1) is 0 Å². The molecule has 1 aliphatic rings. The van der Waals surface area contributed by atoms with Gasteiger partial charge in [-0.05, 0) is 25.2 Å². The summed E-state index contributed by atoms with van der Waals surface area (Å²) in [5.74, 6) is 2.29. The van der Waals surface area contributed by atoms with Crippen molar-refractivity contribution in [3.63, 3.8) is 0 Å². The summed E-state index contributed by atoms with van der Waals surface area (Å²) in [4.78, 5) is 15.2. The Morgan fingerprint density at radius 1 is 1.19 bits per heavy atom. The Hall–Kier alpha value is -1.59. The van der Waals surface area contributed by atoms with Crippen molar-refractivity contribution in [3.05, 3.63) is 0 Å². The molecule has 1 aromatic rings. The van der Waals surface area contributed by atoms with E-state index in [2.05, 4.69) is 39.0 Å². The van der Waals surface area contributed by atoms with Crippen LogP contribution in [0.3, 0.4) is 0 Å². The van der Waals surface area contributed by atoms with Crippen LogP contribution in [0.2, 0.25) is 0 Å². The minimum atomic E-state index is 0.302. The minimum Gasteiger partial charge on any atom is -0.368 e. The van der Waals surface area contributed by atoms with Gasteiger partial charge in [0.1, 0.15) is 0 Å². The quantitative estimate of drug-likeness (QED) is 0.767. The molecule has 1 aromatic heterocycles. The van der Waals surface area contributed by atoms with Crippen LogP contribution in [0.25, 0.3) is 0 Å². The second-order valence-corrected chi connectivity index (χ2v) is 5.81.